The van der Waals surface area contributed by atoms with Crippen LogP contribution >= 0.6 is 11.3 Å². The quantitative estimate of drug-likeness (QED) is 0.512. The molecule has 152 valence electrons. The molecule has 0 unspecified atom stereocenters. The first kappa shape index (κ1) is 18.5. The van der Waals surface area contributed by atoms with E-state index in [2.05, 4.69) is 10.3 Å². The molecule has 30 heavy (non-hydrogen) atoms. The van der Waals surface area contributed by atoms with E-state index in [9.17, 15) is 4.79 Å². The van der Waals surface area contributed by atoms with E-state index in [0.29, 0.717) is 34.3 Å². The molecule has 0 fully saturated rings. The maximum atomic E-state index is 13.0. The van der Waals surface area contributed by atoms with Crippen LogP contribution in [0.3, 0.4) is 0 Å². The van der Waals surface area contributed by atoms with Crippen LogP contribution in [0, 0.1) is 0 Å². The largest absolute Gasteiger partial charge is 0.493 e. The molecule has 1 atom stereocenters. The van der Waals surface area contributed by atoms with Gasteiger partial charge in [-0.25, -0.2) is 4.98 Å². The molecule has 0 saturated heterocycles. The molecule has 1 aliphatic heterocycles. The molecule has 0 saturated carbocycles. The molecular formula is C22H19N3O4S. The van der Waals surface area contributed by atoms with Crippen molar-refractivity contribution >= 4 is 33.1 Å². The second-order valence-corrected chi connectivity index (χ2v) is 7.94. The number of methoxy groups -OCH3 is 2. The Balaban J connectivity index is 1.50. The number of thiazole rings is 1. The second kappa shape index (κ2) is 7.07. The van der Waals surface area contributed by atoms with Gasteiger partial charge in [-0.15, -0.1) is 11.3 Å². The van der Waals surface area contributed by atoms with Crippen molar-refractivity contribution in [1.29, 1.82) is 0 Å². The van der Waals surface area contributed by atoms with Gasteiger partial charge in [0.05, 0.1) is 35.7 Å². The van der Waals surface area contributed by atoms with Gasteiger partial charge in [0.1, 0.15) is 5.76 Å². The van der Waals surface area contributed by atoms with Crippen LogP contribution in [0.15, 0.2) is 52.9 Å². The molecule has 1 aliphatic rings. The van der Waals surface area contributed by atoms with Gasteiger partial charge in [-0.3, -0.25) is 4.79 Å². The first-order valence-corrected chi connectivity index (χ1v) is 10.2. The Kier molecular flexibility index (Phi) is 4.36. The number of carbonyl (C=O) groups is 1. The summed E-state index contributed by atoms with van der Waals surface area (Å²) in [5, 5.41) is 4.17. The van der Waals surface area contributed by atoms with Crippen LogP contribution in [-0.2, 0) is 0 Å². The Labute approximate surface area is 176 Å². The number of hydrogen-bond donors (Lipinski definition) is 1. The summed E-state index contributed by atoms with van der Waals surface area (Å²) in [6.45, 7) is 0. The van der Waals surface area contributed by atoms with Crippen molar-refractivity contribution < 1.29 is 18.7 Å². The minimum absolute atomic E-state index is 0.132. The third kappa shape index (κ3) is 2.88. The normalized spacial score (nSPS) is 15.8. The Bertz CT molecular complexity index is 1230. The van der Waals surface area contributed by atoms with Gasteiger partial charge in [0.25, 0.3) is 5.91 Å². The average molecular weight is 421 g/mol. The molecule has 4 aromatic rings. The molecule has 1 N–H and O–H groups in total. The Morgan fingerprint density at radius 1 is 1.10 bits per heavy atom. The summed E-state index contributed by atoms with van der Waals surface area (Å²) in [4.78, 5) is 19.3. The highest BCUT2D eigenvalue weighted by Gasteiger charge is 2.33. The number of aromatic nitrogens is 1. The number of para-hydroxylation sites is 1. The molecule has 2 aromatic heterocycles. The van der Waals surface area contributed by atoms with Crippen LogP contribution in [0.25, 0.3) is 21.0 Å². The predicted molar refractivity (Wildman–Crippen MR) is 115 cm³/mol. The van der Waals surface area contributed by atoms with E-state index in [1.807, 2.05) is 36.4 Å². The molecule has 0 radical (unpaired) electrons. The van der Waals surface area contributed by atoms with E-state index in [0.717, 1.165) is 15.2 Å². The molecule has 8 heteroatoms. The number of amides is 1. The van der Waals surface area contributed by atoms with Crippen molar-refractivity contribution in [2.24, 2.45) is 0 Å². The number of nitrogens with one attached hydrogen (secondary N) is 1. The van der Waals surface area contributed by atoms with E-state index in [-0.39, 0.29) is 5.91 Å². The van der Waals surface area contributed by atoms with Gasteiger partial charge in [0.2, 0.25) is 0 Å². The van der Waals surface area contributed by atoms with Crippen LogP contribution in [0.5, 0.6) is 11.5 Å². The lowest BCUT2D eigenvalue weighted by Gasteiger charge is -2.34. The molecule has 7 nitrogen and oxygen atoms in total. The highest BCUT2D eigenvalue weighted by molar-refractivity contribution is 7.21. The van der Waals surface area contributed by atoms with Gasteiger partial charge in [0.15, 0.2) is 28.4 Å². The lowest BCUT2D eigenvalue weighted by atomic mass is 10.1. The van der Waals surface area contributed by atoms with Crippen molar-refractivity contribution in [1.82, 2.24) is 9.88 Å². The molecule has 3 heterocycles. The lowest BCUT2D eigenvalue weighted by Crippen LogP contribution is -2.40. The van der Waals surface area contributed by atoms with Crippen molar-refractivity contribution in [2.45, 2.75) is 6.17 Å². The van der Waals surface area contributed by atoms with Crippen LogP contribution in [0.2, 0.25) is 0 Å². The number of furan rings is 1. The van der Waals surface area contributed by atoms with E-state index < -0.39 is 6.17 Å². The third-order valence-corrected chi connectivity index (χ3v) is 6.21. The van der Waals surface area contributed by atoms with E-state index in [4.69, 9.17) is 13.9 Å². The number of carbonyl (C=O) groups excluding carboxylic acids is 1. The van der Waals surface area contributed by atoms with Crippen LogP contribution in [0.1, 0.15) is 22.3 Å². The zero-order valence-electron chi connectivity index (χ0n) is 16.6. The fourth-order valence-corrected chi connectivity index (χ4v) is 4.51. The maximum Gasteiger partial charge on any atom is 0.257 e. The number of ether oxygens (including phenoxy) is 2. The molecule has 2 aromatic carbocycles. The fraction of sp³-hybridized carbons (Fsp3) is 0.182. The van der Waals surface area contributed by atoms with E-state index in [1.165, 1.54) is 0 Å². The van der Waals surface area contributed by atoms with Crippen LogP contribution in [-0.4, -0.2) is 37.1 Å². The summed E-state index contributed by atoms with van der Waals surface area (Å²) in [5.41, 5.74) is 2.12. The van der Waals surface area contributed by atoms with Crippen LogP contribution in [0.4, 0.5) is 5.69 Å². The highest BCUT2D eigenvalue weighted by atomic mass is 32.1. The van der Waals surface area contributed by atoms with Crippen molar-refractivity contribution in [2.75, 3.05) is 26.6 Å². The first-order chi connectivity index (χ1) is 14.6. The number of rotatable bonds is 4. The second-order valence-electron chi connectivity index (χ2n) is 6.90. The maximum absolute atomic E-state index is 13.0. The summed E-state index contributed by atoms with van der Waals surface area (Å²) >= 11 is 1.57. The van der Waals surface area contributed by atoms with E-state index >= 15 is 0 Å². The highest BCUT2D eigenvalue weighted by Crippen LogP contribution is 2.40. The molecular weight excluding hydrogens is 402 g/mol. The Hall–Kier alpha value is -3.52. The number of fused-ring (bicyclic) bond motifs is 2. The summed E-state index contributed by atoms with van der Waals surface area (Å²) in [5.74, 6) is 2.23. The molecule has 1 amide bonds. The number of benzene rings is 2. The van der Waals surface area contributed by atoms with E-state index in [1.54, 1.807) is 49.6 Å². The van der Waals surface area contributed by atoms with Crippen LogP contribution < -0.4 is 14.8 Å². The van der Waals surface area contributed by atoms with Gasteiger partial charge in [0, 0.05) is 13.1 Å². The average Bonchev–Trinajstić information content (AvgIpc) is 3.42. The monoisotopic (exact) mass is 421 g/mol. The lowest BCUT2D eigenvalue weighted by molar-refractivity contribution is 0.0719. The zero-order chi connectivity index (χ0) is 20.8. The van der Waals surface area contributed by atoms with Crippen molar-refractivity contribution in [3.63, 3.8) is 0 Å². The van der Waals surface area contributed by atoms with Gasteiger partial charge < -0.3 is 24.1 Å². The zero-order valence-corrected chi connectivity index (χ0v) is 17.4. The minimum Gasteiger partial charge on any atom is -0.493 e. The number of nitrogens with zero attached hydrogens (tertiary/aromatic N) is 2. The minimum atomic E-state index is -0.453. The SMILES string of the molecule is COc1cc2c(cc1OC)C(=O)N(C)[C@@H](c1ccc(-c3nc4ccccc4s3)o1)N2. The summed E-state index contributed by atoms with van der Waals surface area (Å²) < 4.78 is 17.9. The Morgan fingerprint density at radius 2 is 1.87 bits per heavy atom. The molecule has 5 rings (SSSR count). The van der Waals surface area contributed by atoms with Gasteiger partial charge in [-0.1, -0.05) is 12.1 Å². The molecule has 0 aliphatic carbocycles. The van der Waals surface area contributed by atoms with Crippen molar-refractivity contribution in [3.8, 4) is 22.3 Å². The smallest absolute Gasteiger partial charge is 0.257 e. The molecule has 0 spiro atoms. The van der Waals surface area contributed by atoms with Gasteiger partial charge in [-0.2, -0.15) is 0 Å². The predicted octanol–water partition coefficient (Wildman–Crippen LogP) is 4.77. The standard InChI is InChI=1S/C22H19N3O4S/c1-25-20(23-14-11-18(28-3)17(27-2)10-12(14)22(25)26)15-8-9-16(29-15)21-24-13-6-4-5-7-19(13)30-21/h4-11,20,23H,1-3H3/t20-/m0/s1. The van der Waals surface area contributed by atoms with Crippen molar-refractivity contribution in [3.05, 3.63) is 59.9 Å². The Morgan fingerprint density at radius 3 is 2.63 bits per heavy atom. The van der Waals surface area contributed by atoms with Gasteiger partial charge in [-0.05, 0) is 30.3 Å². The summed E-state index contributed by atoms with van der Waals surface area (Å²) in [6.07, 6.45) is -0.453. The number of anilines is 1. The topological polar surface area (TPSA) is 76.8 Å². The number of hydrogen-bond acceptors (Lipinski definition) is 7. The first-order valence-electron chi connectivity index (χ1n) is 9.34. The van der Waals surface area contributed by atoms with Gasteiger partial charge >= 0.3 is 0 Å². The third-order valence-electron chi connectivity index (χ3n) is 5.15. The summed E-state index contributed by atoms with van der Waals surface area (Å²) in [6, 6.07) is 15.2. The summed E-state index contributed by atoms with van der Waals surface area (Å²) in [7, 11) is 4.85. The molecule has 0 bridgehead atoms. The fourth-order valence-electron chi connectivity index (χ4n) is 3.58.